The van der Waals surface area contributed by atoms with Crippen LogP contribution in [0.15, 0.2) is 47.1 Å². The van der Waals surface area contributed by atoms with Crippen LogP contribution in [0.1, 0.15) is 98.8 Å². The second kappa shape index (κ2) is 9.52. The Morgan fingerprint density at radius 3 is 2.41 bits per heavy atom. The molecule has 5 atom stereocenters. The van der Waals surface area contributed by atoms with Crippen molar-refractivity contribution in [3.63, 3.8) is 0 Å². The van der Waals surface area contributed by atoms with Gasteiger partial charge in [0.2, 0.25) is 0 Å². The maximum absolute atomic E-state index is 12.6. The van der Waals surface area contributed by atoms with Crippen LogP contribution >= 0.6 is 22.6 Å². The van der Waals surface area contributed by atoms with Gasteiger partial charge in [-0.25, -0.2) is 0 Å². The van der Waals surface area contributed by atoms with Crippen LogP contribution in [-0.2, 0) is 4.79 Å². The summed E-state index contributed by atoms with van der Waals surface area (Å²) in [4.78, 5) is 12.6. The summed E-state index contributed by atoms with van der Waals surface area (Å²) in [5.74, 6) is 0.907. The van der Waals surface area contributed by atoms with Crippen LogP contribution in [0.2, 0.25) is 0 Å². The highest BCUT2D eigenvalue weighted by atomic mass is 127. The van der Waals surface area contributed by atoms with Crippen LogP contribution in [0.5, 0.6) is 0 Å². The summed E-state index contributed by atoms with van der Waals surface area (Å²) in [7, 11) is 0. The number of carbonyl (C=O) groups is 1. The smallest absolute Gasteiger partial charge is 0.189 e. The summed E-state index contributed by atoms with van der Waals surface area (Å²) < 4.78 is 0.151. The maximum atomic E-state index is 12.6. The molecule has 4 saturated carbocycles. The number of halogens is 1. The van der Waals surface area contributed by atoms with Crippen LogP contribution in [0.25, 0.3) is 0 Å². The van der Waals surface area contributed by atoms with Gasteiger partial charge < -0.3 is 5.11 Å². The van der Waals surface area contributed by atoms with E-state index in [1.807, 2.05) is 0 Å². The van der Waals surface area contributed by atoms with Gasteiger partial charge in [0.15, 0.2) is 5.78 Å². The molecular formula is C29H43IO2. The zero-order valence-electron chi connectivity index (χ0n) is 19.6. The number of alkyl halides is 1. The Labute approximate surface area is 209 Å². The highest BCUT2D eigenvalue weighted by Gasteiger charge is 2.59. The van der Waals surface area contributed by atoms with Crippen LogP contribution in [0.3, 0.4) is 0 Å². The molecule has 0 saturated heterocycles. The number of Topliss-reactive ketones (excluding diaryl/α,β-unsaturated/α-hetero) is 1. The average molecular weight is 551 g/mol. The van der Waals surface area contributed by atoms with E-state index in [1.54, 1.807) is 12.5 Å². The molecule has 4 aliphatic rings. The minimum Gasteiger partial charge on any atom is -0.382 e. The number of hydrogen-bond acceptors (Lipinski definition) is 2. The number of fused-ring (bicyclic) bond motifs is 1. The van der Waals surface area contributed by atoms with Crippen molar-refractivity contribution < 1.29 is 9.90 Å². The van der Waals surface area contributed by atoms with Gasteiger partial charge in [0.25, 0.3) is 0 Å². The van der Waals surface area contributed by atoms with E-state index in [0.717, 1.165) is 12.0 Å². The first-order chi connectivity index (χ1) is 14.6. The average Bonchev–Trinajstić information content (AvgIpc) is 3.15. The quantitative estimate of drug-likeness (QED) is 0.219. The fourth-order valence-electron chi connectivity index (χ4n) is 6.95. The highest BCUT2D eigenvalue weighted by Crippen LogP contribution is 2.65. The number of carbonyl (C=O) groups excluding carboxylic acids is 1. The van der Waals surface area contributed by atoms with Crippen molar-refractivity contribution in [2.45, 2.75) is 108 Å². The lowest BCUT2D eigenvalue weighted by molar-refractivity contribution is -0.129. The van der Waals surface area contributed by atoms with E-state index in [9.17, 15) is 9.90 Å². The lowest BCUT2D eigenvalue weighted by Gasteiger charge is -2.49. The molecule has 0 amide bonds. The molecular weight excluding hydrogens is 507 g/mol. The van der Waals surface area contributed by atoms with Crippen LogP contribution in [0.4, 0.5) is 0 Å². The van der Waals surface area contributed by atoms with Gasteiger partial charge in [-0.05, 0) is 106 Å². The Kier molecular flexibility index (Phi) is 7.72. The van der Waals surface area contributed by atoms with E-state index < -0.39 is 5.60 Å². The third kappa shape index (κ3) is 4.37. The van der Waals surface area contributed by atoms with Crippen LogP contribution < -0.4 is 0 Å². The molecule has 1 N–H and O–H groups in total. The third-order valence-electron chi connectivity index (χ3n) is 9.09. The van der Waals surface area contributed by atoms with Gasteiger partial charge in [0, 0.05) is 3.42 Å². The molecule has 178 valence electrons. The molecule has 0 heterocycles. The summed E-state index contributed by atoms with van der Waals surface area (Å²) >= 11 is 2.75. The highest BCUT2D eigenvalue weighted by molar-refractivity contribution is 14.1. The van der Waals surface area contributed by atoms with E-state index in [0.29, 0.717) is 24.7 Å². The van der Waals surface area contributed by atoms with E-state index in [2.05, 4.69) is 61.2 Å². The largest absolute Gasteiger partial charge is 0.382 e. The van der Waals surface area contributed by atoms with Crippen molar-refractivity contribution in [1.29, 1.82) is 0 Å². The molecule has 4 rings (SSSR count). The van der Waals surface area contributed by atoms with Gasteiger partial charge >= 0.3 is 0 Å². The van der Waals surface area contributed by atoms with Crippen molar-refractivity contribution >= 4 is 28.4 Å². The van der Waals surface area contributed by atoms with E-state index in [-0.39, 0.29) is 22.0 Å². The Bertz CT molecular complexity index is 860. The molecule has 3 heteroatoms. The normalized spacial score (nSPS) is 42.4. The zero-order chi connectivity index (χ0) is 22.4. The Balaban J connectivity index is 0.00000289. The van der Waals surface area contributed by atoms with Crippen molar-refractivity contribution in [3.05, 3.63) is 47.1 Å². The van der Waals surface area contributed by atoms with Gasteiger partial charge in [0.1, 0.15) is 5.60 Å². The van der Waals surface area contributed by atoms with Crippen molar-refractivity contribution in [2.24, 2.45) is 17.3 Å². The molecule has 0 radical (unpaired) electrons. The summed E-state index contributed by atoms with van der Waals surface area (Å²) in [6, 6.07) is 0. The second-order valence-corrected chi connectivity index (χ2v) is 13.0. The fraction of sp³-hybridized carbons (Fsp3) is 0.690. The fourth-order valence-corrected chi connectivity index (χ4v) is 8.09. The standard InChI is InChI=1S/C28H39IO2.CH4/c1-19-8-5-6-9-21(19)11-12-22-10-7-15-26(3)24(22)14-17-28(26,29)20(2)18-23-13-16-27(4,31)25(23)30;/h11-12,18,20,24,31H,1,5-10,13-17H2,2-4H3;1H4/b21-11-,22-12+,23-18+;/t20?,24?,26-,27-,28?;/m0./s1. The number of ketones is 1. The molecule has 0 aromatic rings. The number of rotatable bonds is 3. The predicted octanol–water partition coefficient (Wildman–Crippen LogP) is 8.06. The van der Waals surface area contributed by atoms with Crippen LogP contribution in [0, 0.1) is 17.3 Å². The van der Waals surface area contributed by atoms with Gasteiger partial charge in [-0.15, -0.1) is 0 Å². The van der Waals surface area contributed by atoms with Crippen molar-refractivity contribution in [1.82, 2.24) is 0 Å². The lowest BCUT2D eigenvalue weighted by atomic mass is 9.61. The summed E-state index contributed by atoms with van der Waals surface area (Å²) in [6.45, 7) is 10.8. The number of aliphatic hydroxyl groups is 1. The molecule has 0 aromatic heterocycles. The number of allylic oxidation sites excluding steroid dienone is 6. The minimum atomic E-state index is -1.16. The van der Waals surface area contributed by atoms with Crippen LogP contribution in [-0.4, -0.2) is 19.9 Å². The molecule has 0 bridgehead atoms. The molecule has 0 aromatic carbocycles. The Morgan fingerprint density at radius 1 is 1.03 bits per heavy atom. The molecule has 4 fully saturated rings. The first-order valence-electron chi connectivity index (χ1n) is 12.3. The first kappa shape index (κ1) is 25.9. The molecule has 2 nitrogen and oxygen atoms in total. The SMILES string of the molecule is C.C=C1CCCC/C1=C/C=C1\CCC[C@@]2(C)C1CCC2(I)C(C)/C=C1\CC[C@](C)(O)C1=O. The summed E-state index contributed by atoms with van der Waals surface area (Å²) in [5, 5.41) is 10.3. The molecule has 0 aliphatic heterocycles. The third-order valence-corrected chi connectivity index (χ3v) is 11.8. The van der Waals surface area contributed by atoms with E-state index in [1.165, 1.54) is 62.5 Å². The van der Waals surface area contributed by atoms with Crippen molar-refractivity contribution in [2.75, 3.05) is 0 Å². The summed E-state index contributed by atoms with van der Waals surface area (Å²) in [6.07, 6.45) is 19.4. The van der Waals surface area contributed by atoms with E-state index >= 15 is 0 Å². The molecule has 0 spiro atoms. The second-order valence-electron chi connectivity index (χ2n) is 11.1. The topological polar surface area (TPSA) is 37.3 Å². The zero-order valence-corrected chi connectivity index (χ0v) is 21.8. The monoisotopic (exact) mass is 550 g/mol. The number of hydrogen-bond donors (Lipinski definition) is 1. The van der Waals surface area contributed by atoms with E-state index in [4.69, 9.17) is 0 Å². The van der Waals surface area contributed by atoms with Gasteiger partial charge in [-0.2, -0.15) is 0 Å². The molecule has 32 heavy (non-hydrogen) atoms. The lowest BCUT2D eigenvalue weighted by Crippen LogP contribution is -2.46. The predicted molar refractivity (Wildman–Crippen MR) is 144 cm³/mol. The van der Waals surface area contributed by atoms with Gasteiger partial charge in [-0.3, -0.25) is 4.79 Å². The van der Waals surface area contributed by atoms with Gasteiger partial charge in [0.05, 0.1) is 0 Å². The Morgan fingerprint density at radius 2 is 1.75 bits per heavy atom. The first-order valence-corrected chi connectivity index (χ1v) is 13.4. The molecule has 3 unspecified atom stereocenters. The van der Waals surface area contributed by atoms with Gasteiger partial charge in [-0.1, -0.05) is 79.8 Å². The molecule has 4 aliphatic carbocycles. The Hall–Kier alpha value is -0.680. The summed E-state index contributed by atoms with van der Waals surface area (Å²) in [5.41, 5.74) is 4.39. The van der Waals surface area contributed by atoms with Crippen molar-refractivity contribution in [3.8, 4) is 0 Å². The maximum Gasteiger partial charge on any atom is 0.189 e. The minimum absolute atomic E-state index is 0.